The van der Waals surface area contributed by atoms with Crippen molar-refractivity contribution in [3.8, 4) is 0 Å². The maximum Gasteiger partial charge on any atom is 0.191 e. The van der Waals surface area contributed by atoms with Gasteiger partial charge in [-0.25, -0.2) is 4.98 Å². The summed E-state index contributed by atoms with van der Waals surface area (Å²) in [7, 11) is 0. The SMILES string of the molecule is Cc1nc(C(=O)CC(C)C)sc1CN. The molecule has 0 atom stereocenters. The normalized spacial score (nSPS) is 10.9. The van der Waals surface area contributed by atoms with E-state index in [0.717, 1.165) is 10.6 Å². The molecule has 0 aliphatic heterocycles. The second-order valence-electron chi connectivity index (χ2n) is 3.75. The highest BCUT2D eigenvalue weighted by Gasteiger charge is 2.14. The quantitative estimate of drug-likeness (QED) is 0.778. The first kappa shape index (κ1) is 11.3. The van der Waals surface area contributed by atoms with Gasteiger partial charge < -0.3 is 5.73 Å². The Bertz CT molecular complexity index is 331. The summed E-state index contributed by atoms with van der Waals surface area (Å²) in [5, 5.41) is 0.608. The molecule has 0 saturated heterocycles. The maximum atomic E-state index is 11.6. The maximum absolute atomic E-state index is 11.6. The predicted octanol–water partition coefficient (Wildman–Crippen LogP) is 2.14. The number of thiazole rings is 1. The monoisotopic (exact) mass is 212 g/mol. The Labute approximate surface area is 88.3 Å². The largest absolute Gasteiger partial charge is 0.326 e. The Morgan fingerprint density at radius 3 is 2.64 bits per heavy atom. The van der Waals surface area contributed by atoms with Gasteiger partial charge in [0.25, 0.3) is 0 Å². The fourth-order valence-electron chi connectivity index (χ4n) is 1.19. The summed E-state index contributed by atoms with van der Waals surface area (Å²) in [5.41, 5.74) is 6.42. The molecule has 0 amide bonds. The smallest absolute Gasteiger partial charge is 0.191 e. The zero-order chi connectivity index (χ0) is 10.7. The number of hydrogen-bond acceptors (Lipinski definition) is 4. The number of carbonyl (C=O) groups is 1. The lowest BCUT2D eigenvalue weighted by molar-refractivity contribution is 0.0967. The first-order valence-electron chi connectivity index (χ1n) is 4.74. The van der Waals surface area contributed by atoms with E-state index >= 15 is 0 Å². The highest BCUT2D eigenvalue weighted by atomic mass is 32.1. The van der Waals surface area contributed by atoms with Gasteiger partial charge in [-0.15, -0.1) is 11.3 Å². The topological polar surface area (TPSA) is 56.0 Å². The van der Waals surface area contributed by atoms with Crippen molar-refractivity contribution in [1.82, 2.24) is 4.98 Å². The molecular formula is C10H16N2OS. The Hall–Kier alpha value is -0.740. The summed E-state index contributed by atoms with van der Waals surface area (Å²) in [5.74, 6) is 0.515. The molecule has 0 spiro atoms. The van der Waals surface area contributed by atoms with Crippen LogP contribution in [0.4, 0.5) is 0 Å². The fraction of sp³-hybridized carbons (Fsp3) is 0.600. The van der Waals surface area contributed by atoms with Crippen LogP contribution in [0.3, 0.4) is 0 Å². The molecule has 1 heterocycles. The van der Waals surface area contributed by atoms with E-state index in [2.05, 4.69) is 4.98 Å². The summed E-state index contributed by atoms with van der Waals surface area (Å²) >= 11 is 1.42. The summed E-state index contributed by atoms with van der Waals surface area (Å²) in [6.45, 7) is 6.42. The summed E-state index contributed by atoms with van der Waals surface area (Å²) < 4.78 is 0. The Balaban J connectivity index is 2.80. The van der Waals surface area contributed by atoms with Gasteiger partial charge in [-0.2, -0.15) is 0 Å². The number of aryl methyl sites for hydroxylation is 1. The van der Waals surface area contributed by atoms with Crippen LogP contribution in [0.5, 0.6) is 0 Å². The molecule has 1 aromatic heterocycles. The Morgan fingerprint density at radius 1 is 1.57 bits per heavy atom. The molecule has 1 rings (SSSR count). The summed E-state index contributed by atoms with van der Waals surface area (Å²) in [6.07, 6.45) is 0.566. The van der Waals surface area contributed by atoms with Crippen molar-refractivity contribution in [2.24, 2.45) is 11.7 Å². The summed E-state index contributed by atoms with van der Waals surface area (Å²) in [6, 6.07) is 0. The standard InChI is InChI=1S/C10H16N2OS/c1-6(2)4-8(13)10-12-7(3)9(5-11)14-10/h6H,4-5,11H2,1-3H3. The molecule has 0 radical (unpaired) electrons. The number of hydrogen-bond donors (Lipinski definition) is 1. The predicted molar refractivity (Wildman–Crippen MR) is 58.5 cm³/mol. The number of rotatable bonds is 4. The van der Waals surface area contributed by atoms with Gasteiger partial charge in [-0.1, -0.05) is 13.8 Å². The van der Waals surface area contributed by atoms with E-state index in [-0.39, 0.29) is 5.78 Å². The van der Waals surface area contributed by atoms with Gasteiger partial charge in [0.05, 0.1) is 5.69 Å². The number of ketones is 1. The van der Waals surface area contributed by atoms with Gasteiger partial charge in [0.1, 0.15) is 0 Å². The van der Waals surface area contributed by atoms with Crippen LogP contribution in [0.1, 0.15) is 40.6 Å². The van der Waals surface area contributed by atoms with Crippen molar-refractivity contribution in [2.45, 2.75) is 33.7 Å². The van der Waals surface area contributed by atoms with Gasteiger partial charge in [0, 0.05) is 17.8 Å². The Morgan fingerprint density at radius 2 is 2.21 bits per heavy atom. The molecule has 78 valence electrons. The molecule has 1 aromatic rings. The zero-order valence-corrected chi connectivity index (χ0v) is 9.65. The highest BCUT2D eigenvalue weighted by molar-refractivity contribution is 7.13. The van der Waals surface area contributed by atoms with Crippen molar-refractivity contribution in [3.63, 3.8) is 0 Å². The van der Waals surface area contributed by atoms with E-state index in [1.807, 2.05) is 20.8 Å². The van der Waals surface area contributed by atoms with Crippen LogP contribution in [-0.2, 0) is 6.54 Å². The van der Waals surface area contributed by atoms with Gasteiger partial charge in [-0.05, 0) is 12.8 Å². The third-order valence-electron chi connectivity index (χ3n) is 1.91. The van der Waals surface area contributed by atoms with Crippen LogP contribution >= 0.6 is 11.3 Å². The van der Waals surface area contributed by atoms with Crippen molar-refractivity contribution >= 4 is 17.1 Å². The lowest BCUT2D eigenvalue weighted by Gasteiger charge is -1.99. The lowest BCUT2D eigenvalue weighted by Crippen LogP contribution is -2.02. The number of aromatic nitrogens is 1. The number of nitrogens with two attached hydrogens (primary N) is 1. The molecule has 0 aliphatic carbocycles. The van der Waals surface area contributed by atoms with Gasteiger partial charge >= 0.3 is 0 Å². The summed E-state index contributed by atoms with van der Waals surface area (Å²) in [4.78, 5) is 16.9. The second kappa shape index (κ2) is 4.66. The number of Topliss-reactive ketones (excluding diaryl/α,β-unsaturated/α-hetero) is 1. The van der Waals surface area contributed by atoms with Crippen LogP contribution in [0.25, 0.3) is 0 Å². The molecule has 0 unspecified atom stereocenters. The van der Waals surface area contributed by atoms with Gasteiger partial charge in [0.2, 0.25) is 0 Å². The average molecular weight is 212 g/mol. The molecule has 2 N–H and O–H groups in total. The number of nitrogens with zero attached hydrogens (tertiary/aromatic N) is 1. The molecule has 0 bridgehead atoms. The lowest BCUT2D eigenvalue weighted by atomic mass is 10.1. The Kier molecular flexibility index (Phi) is 3.77. The molecule has 0 aromatic carbocycles. The van der Waals surface area contributed by atoms with Gasteiger partial charge in [-0.3, -0.25) is 4.79 Å². The minimum absolute atomic E-state index is 0.132. The van der Waals surface area contributed by atoms with E-state index in [4.69, 9.17) is 5.73 Å². The van der Waals surface area contributed by atoms with E-state index in [9.17, 15) is 4.79 Å². The molecule has 3 nitrogen and oxygen atoms in total. The molecule has 14 heavy (non-hydrogen) atoms. The van der Waals surface area contributed by atoms with Crippen molar-refractivity contribution < 1.29 is 4.79 Å². The average Bonchev–Trinajstić information content (AvgIpc) is 2.45. The van der Waals surface area contributed by atoms with E-state index in [1.165, 1.54) is 11.3 Å². The highest BCUT2D eigenvalue weighted by Crippen LogP contribution is 2.19. The zero-order valence-electron chi connectivity index (χ0n) is 8.83. The molecule has 4 heteroatoms. The third kappa shape index (κ3) is 2.62. The van der Waals surface area contributed by atoms with Crippen LogP contribution in [0, 0.1) is 12.8 Å². The van der Waals surface area contributed by atoms with Crippen LogP contribution < -0.4 is 5.73 Å². The molecular weight excluding hydrogens is 196 g/mol. The fourth-order valence-corrected chi connectivity index (χ4v) is 2.08. The molecule has 0 aliphatic rings. The van der Waals surface area contributed by atoms with Crippen molar-refractivity contribution in [2.75, 3.05) is 0 Å². The minimum atomic E-state index is 0.132. The van der Waals surface area contributed by atoms with E-state index in [1.54, 1.807) is 0 Å². The first-order valence-corrected chi connectivity index (χ1v) is 5.55. The molecule has 0 saturated carbocycles. The van der Waals surface area contributed by atoms with Crippen LogP contribution in [0.2, 0.25) is 0 Å². The van der Waals surface area contributed by atoms with Gasteiger partial charge in [0.15, 0.2) is 10.8 Å². The molecule has 0 fully saturated rings. The van der Waals surface area contributed by atoms with Crippen molar-refractivity contribution in [1.29, 1.82) is 0 Å². The van der Waals surface area contributed by atoms with Crippen molar-refractivity contribution in [3.05, 3.63) is 15.6 Å². The van der Waals surface area contributed by atoms with Crippen LogP contribution in [0.15, 0.2) is 0 Å². The first-order chi connectivity index (χ1) is 6.54. The third-order valence-corrected chi connectivity index (χ3v) is 3.13. The van der Waals surface area contributed by atoms with E-state index < -0.39 is 0 Å². The van der Waals surface area contributed by atoms with Crippen LogP contribution in [-0.4, -0.2) is 10.8 Å². The second-order valence-corrected chi connectivity index (χ2v) is 4.84. The van der Waals surface area contributed by atoms with E-state index in [0.29, 0.717) is 23.9 Å². The minimum Gasteiger partial charge on any atom is -0.326 e. The number of carbonyl (C=O) groups excluding carboxylic acids is 1.